The number of hydrogen-bond donors (Lipinski definition) is 2. The average Bonchev–Trinajstić information content (AvgIpc) is 2.75. The summed E-state index contributed by atoms with van der Waals surface area (Å²) in [6, 6.07) is 15.4. The van der Waals surface area contributed by atoms with E-state index in [4.69, 9.17) is 10.00 Å². The highest BCUT2D eigenvalue weighted by atomic mass is 16.5. The summed E-state index contributed by atoms with van der Waals surface area (Å²) in [6.45, 7) is 2.06. The minimum Gasteiger partial charge on any atom is -0.462 e. The molecule has 0 aliphatic heterocycles. The van der Waals surface area contributed by atoms with Gasteiger partial charge in [0.15, 0.2) is 0 Å². The van der Waals surface area contributed by atoms with Crippen molar-refractivity contribution in [3.63, 3.8) is 0 Å². The first-order valence-corrected chi connectivity index (χ1v) is 8.77. The number of carbonyl (C=O) groups is 2. The predicted octanol–water partition coefficient (Wildman–Crippen LogP) is 3.52. The van der Waals surface area contributed by atoms with E-state index in [1.807, 2.05) is 6.07 Å². The number of esters is 1. The standard InChI is InChI=1S/C21H17N5O3/c1-2-29-21(28)14-7-9-16(10-8-14)25-19-13-23-18(12-24-19)20(27)26-17-6-4-3-5-15(17)11-22/h3-10,12-13H,2H2,1H3,(H,24,25)(H,26,27). The highest BCUT2D eigenvalue weighted by Gasteiger charge is 2.11. The van der Waals surface area contributed by atoms with Crippen LogP contribution in [0.2, 0.25) is 0 Å². The third kappa shape index (κ3) is 4.93. The van der Waals surface area contributed by atoms with Crippen LogP contribution < -0.4 is 10.6 Å². The molecule has 0 saturated heterocycles. The minimum absolute atomic E-state index is 0.112. The molecule has 0 saturated carbocycles. The van der Waals surface area contributed by atoms with Gasteiger partial charge in [-0.25, -0.2) is 14.8 Å². The molecular weight excluding hydrogens is 370 g/mol. The van der Waals surface area contributed by atoms with E-state index in [2.05, 4.69) is 20.6 Å². The van der Waals surface area contributed by atoms with Gasteiger partial charge < -0.3 is 15.4 Å². The third-order valence-corrected chi connectivity index (χ3v) is 3.85. The van der Waals surface area contributed by atoms with E-state index in [1.165, 1.54) is 12.4 Å². The molecule has 8 heteroatoms. The van der Waals surface area contributed by atoms with Crippen molar-refractivity contribution in [3.8, 4) is 6.07 Å². The normalized spacial score (nSPS) is 9.93. The molecule has 29 heavy (non-hydrogen) atoms. The van der Waals surface area contributed by atoms with Crippen molar-refractivity contribution in [2.24, 2.45) is 0 Å². The summed E-state index contributed by atoms with van der Waals surface area (Å²) in [5.41, 5.74) is 2.03. The van der Waals surface area contributed by atoms with Crippen LogP contribution in [0.3, 0.4) is 0 Å². The zero-order valence-electron chi connectivity index (χ0n) is 15.5. The molecular formula is C21H17N5O3. The van der Waals surface area contributed by atoms with Crippen LogP contribution in [0.25, 0.3) is 0 Å². The van der Waals surface area contributed by atoms with Gasteiger partial charge in [0, 0.05) is 5.69 Å². The number of nitrogens with zero attached hydrogens (tertiary/aromatic N) is 3. The number of rotatable bonds is 6. The fraction of sp³-hybridized carbons (Fsp3) is 0.0952. The lowest BCUT2D eigenvalue weighted by atomic mass is 10.2. The molecule has 0 atom stereocenters. The highest BCUT2D eigenvalue weighted by Crippen LogP contribution is 2.17. The summed E-state index contributed by atoms with van der Waals surface area (Å²) in [6.07, 6.45) is 2.75. The van der Waals surface area contributed by atoms with Crippen molar-refractivity contribution in [2.75, 3.05) is 17.2 Å². The van der Waals surface area contributed by atoms with E-state index in [0.29, 0.717) is 34.9 Å². The fourth-order valence-corrected chi connectivity index (χ4v) is 2.44. The Morgan fingerprint density at radius 1 is 1.07 bits per heavy atom. The Labute approximate surface area is 167 Å². The summed E-state index contributed by atoms with van der Waals surface area (Å²) < 4.78 is 4.94. The fourth-order valence-electron chi connectivity index (χ4n) is 2.44. The maximum Gasteiger partial charge on any atom is 0.338 e. The Kier molecular flexibility index (Phi) is 6.12. The van der Waals surface area contributed by atoms with E-state index in [1.54, 1.807) is 55.5 Å². The third-order valence-electron chi connectivity index (χ3n) is 3.85. The lowest BCUT2D eigenvalue weighted by Crippen LogP contribution is -2.15. The van der Waals surface area contributed by atoms with Crippen molar-refractivity contribution in [1.29, 1.82) is 5.26 Å². The predicted molar refractivity (Wildman–Crippen MR) is 107 cm³/mol. The molecule has 1 amide bonds. The van der Waals surface area contributed by atoms with Gasteiger partial charge in [-0.2, -0.15) is 5.26 Å². The van der Waals surface area contributed by atoms with Gasteiger partial charge in [-0.05, 0) is 43.3 Å². The Balaban J connectivity index is 1.65. The molecule has 1 aromatic heterocycles. The largest absolute Gasteiger partial charge is 0.462 e. The first-order valence-electron chi connectivity index (χ1n) is 8.77. The van der Waals surface area contributed by atoms with Crippen LogP contribution >= 0.6 is 0 Å². The molecule has 2 aromatic carbocycles. The van der Waals surface area contributed by atoms with E-state index < -0.39 is 5.91 Å². The Hall–Kier alpha value is -4.25. The summed E-state index contributed by atoms with van der Waals surface area (Å²) in [5.74, 6) is -0.416. The smallest absolute Gasteiger partial charge is 0.338 e. The van der Waals surface area contributed by atoms with E-state index in [0.717, 1.165) is 0 Å². The lowest BCUT2D eigenvalue weighted by molar-refractivity contribution is 0.0526. The molecule has 0 aliphatic carbocycles. The molecule has 144 valence electrons. The van der Waals surface area contributed by atoms with Gasteiger partial charge in [-0.3, -0.25) is 4.79 Å². The summed E-state index contributed by atoms with van der Waals surface area (Å²) in [7, 11) is 0. The number of anilines is 3. The second-order valence-corrected chi connectivity index (χ2v) is 5.82. The number of amides is 1. The summed E-state index contributed by atoms with van der Waals surface area (Å²) in [5, 5.41) is 14.8. The highest BCUT2D eigenvalue weighted by molar-refractivity contribution is 6.03. The molecule has 0 spiro atoms. The Bertz CT molecular complexity index is 1060. The average molecular weight is 387 g/mol. The van der Waals surface area contributed by atoms with Crippen molar-refractivity contribution in [1.82, 2.24) is 9.97 Å². The molecule has 0 unspecified atom stereocenters. The first-order chi connectivity index (χ1) is 14.1. The van der Waals surface area contributed by atoms with Crippen LogP contribution in [0.5, 0.6) is 0 Å². The maximum atomic E-state index is 12.3. The van der Waals surface area contributed by atoms with Crippen LogP contribution in [0.4, 0.5) is 17.2 Å². The van der Waals surface area contributed by atoms with Gasteiger partial charge in [0.05, 0.1) is 35.8 Å². The van der Waals surface area contributed by atoms with Crippen molar-refractivity contribution < 1.29 is 14.3 Å². The number of benzene rings is 2. The van der Waals surface area contributed by atoms with Gasteiger partial charge in [-0.15, -0.1) is 0 Å². The van der Waals surface area contributed by atoms with E-state index in [-0.39, 0.29) is 11.7 Å². The molecule has 3 rings (SSSR count). The van der Waals surface area contributed by atoms with Crippen LogP contribution in [-0.4, -0.2) is 28.5 Å². The zero-order chi connectivity index (χ0) is 20.6. The maximum absolute atomic E-state index is 12.3. The van der Waals surface area contributed by atoms with Crippen molar-refractivity contribution in [2.45, 2.75) is 6.92 Å². The molecule has 0 bridgehead atoms. The zero-order valence-corrected chi connectivity index (χ0v) is 15.5. The molecule has 2 N–H and O–H groups in total. The van der Waals surface area contributed by atoms with Crippen LogP contribution in [0, 0.1) is 11.3 Å². The SMILES string of the molecule is CCOC(=O)c1ccc(Nc2cnc(C(=O)Nc3ccccc3C#N)cn2)cc1. The Morgan fingerprint density at radius 3 is 2.48 bits per heavy atom. The summed E-state index contributed by atoms with van der Waals surface area (Å²) >= 11 is 0. The second kappa shape index (κ2) is 9.10. The first kappa shape index (κ1) is 19.5. The molecule has 8 nitrogen and oxygen atoms in total. The number of nitriles is 1. The lowest BCUT2D eigenvalue weighted by Gasteiger charge is -2.08. The number of hydrogen-bond acceptors (Lipinski definition) is 7. The quantitative estimate of drug-likeness (QED) is 0.621. The number of aromatic nitrogens is 2. The van der Waals surface area contributed by atoms with Gasteiger partial charge >= 0.3 is 5.97 Å². The topological polar surface area (TPSA) is 117 Å². The van der Waals surface area contributed by atoms with Gasteiger partial charge in [0.2, 0.25) is 0 Å². The summed E-state index contributed by atoms with van der Waals surface area (Å²) in [4.78, 5) is 32.3. The van der Waals surface area contributed by atoms with Gasteiger partial charge in [0.25, 0.3) is 5.91 Å². The molecule has 0 fully saturated rings. The van der Waals surface area contributed by atoms with Crippen LogP contribution in [0.1, 0.15) is 33.3 Å². The van der Waals surface area contributed by atoms with E-state index >= 15 is 0 Å². The number of para-hydroxylation sites is 1. The number of nitrogens with one attached hydrogen (secondary N) is 2. The molecule has 0 aliphatic rings. The number of carbonyl (C=O) groups excluding carboxylic acids is 2. The minimum atomic E-state index is -0.467. The number of ether oxygens (including phenoxy) is 1. The van der Waals surface area contributed by atoms with Crippen LogP contribution in [-0.2, 0) is 4.74 Å². The molecule has 3 aromatic rings. The molecule has 0 radical (unpaired) electrons. The van der Waals surface area contributed by atoms with Crippen molar-refractivity contribution in [3.05, 3.63) is 77.7 Å². The Morgan fingerprint density at radius 2 is 1.83 bits per heavy atom. The van der Waals surface area contributed by atoms with Crippen molar-refractivity contribution >= 4 is 29.1 Å². The van der Waals surface area contributed by atoms with E-state index in [9.17, 15) is 9.59 Å². The monoisotopic (exact) mass is 387 g/mol. The second-order valence-electron chi connectivity index (χ2n) is 5.82. The van der Waals surface area contributed by atoms with Crippen LogP contribution in [0.15, 0.2) is 60.9 Å². The van der Waals surface area contributed by atoms with Gasteiger partial charge in [-0.1, -0.05) is 12.1 Å². The molecule has 1 heterocycles. The van der Waals surface area contributed by atoms with Gasteiger partial charge in [0.1, 0.15) is 17.6 Å².